The second-order valence-corrected chi connectivity index (χ2v) is 4.77. The van der Waals surface area contributed by atoms with Crippen molar-refractivity contribution in [3.05, 3.63) is 48.5 Å². The third-order valence-electron chi connectivity index (χ3n) is 2.93. The maximum Gasteiger partial charge on any atom is 0.359 e. The van der Waals surface area contributed by atoms with E-state index >= 15 is 0 Å². The number of aromatic nitrogens is 2. The van der Waals surface area contributed by atoms with Gasteiger partial charge >= 0.3 is 5.97 Å². The van der Waals surface area contributed by atoms with Gasteiger partial charge in [-0.1, -0.05) is 0 Å². The average molecular weight is 345 g/mol. The maximum absolute atomic E-state index is 11.6. The molecule has 0 saturated heterocycles. The van der Waals surface area contributed by atoms with Gasteiger partial charge in [0, 0.05) is 12.4 Å². The Balaban J connectivity index is 1.61. The van der Waals surface area contributed by atoms with Gasteiger partial charge in [0.05, 0.1) is 19.3 Å². The van der Waals surface area contributed by atoms with Crippen molar-refractivity contribution >= 4 is 11.9 Å². The summed E-state index contributed by atoms with van der Waals surface area (Å²) in [6.45, 7) is 2.70. The zero-order valence-corrected chi connectivity index (χ0v) is 13.8. The van der Waals surface area contributed by atoms with Crippen LogP contribution in [0.25, 0.3) is 0 Å². The minimum Gasteiger partial charge on any atom is -0.494 e. The first-order valence-electron chi connectivity index (χ1n) is 7.74. The van der Waals surface area contributed by atoms with Crippen molar-refractivity contribution < 1.29 is 23.8 Å². The van der Waals surface area contributed by atoms with E-state index in [0.717, 1.165) is 5.75 Å². The van der Waals surface area contributed by atoms with Crippen molar-refractivity contribution in [1.82, 2.24) is 15.3 Å². The highest BCUT2D eigenvalue weighted by Gasteiger charge is 2.11. The SMILES string of the molecule is CCOc1ccc(OCCNC(=O)COC(=O)c2cnccn2)cc1. The van der Waals surface area contributed by atoms with E-state index in [9.17, 15) is 9.59 Å². The number of benzene rings is 1. The Morgan fingerprint density at radius 2 is 1.80 bits per heavy atom. The summed E-state index contributed by atoms with van der Waals surface area (Å²) in [5.74, 6) is 0.321. The van der Waals surface area contributed by atoms with E-state index in [0.29, 0.717) is 12.4 Å². The lowest BCUT2D eigenvalue weighted by molar-refractivity contribution is -0.124. The molecule has 0 fully saturated rings. The second kappa shape index (κ2) is 9.86. The molecule has 1 aromatic heterocycles. The summed E-state index contributed by atoms with van der Waals surface area (Å²) in [4.78, 5) is 30.7. The Bertz CT molecular complexity index is 676. The number of nitrogens with one attached hydrogen (secondary N) is 1. The number of esters is 1. The topological polar surface area (TPSA) is 99.6 Å². The number of nitrogens with zero attached hydrogens (tertiary/aromatic N) is 2. The summed E-state index contributed by atoms with van der Waals surface area (Å²) in [7, 11) is 0. The van der Waals surface area contributed by atoms with Gasteiger partial charge in [0.15, 0.2) is 12.3 Å². The fourth-order valence-electron chi connectivity index (χ4n) is 1.82. The first-order valence-corrected chi connectivity index (χ1v) is 7.74. The van der Waals surface area contributed by atoms with Gasteiger partial charge < -0.3 is 19.5 Å². The molecule has 0 aliphatic carbocycles. The molecule has 1 aromatic carbocycles. The predicted octanol–water partition coefficient (Wildman–Crippen LogP) is 1.23. The molecule has 0 bridgehead atoms. The lowest BCUT2D eigenvalue weighted by Crippen LogP contribution is -2.32. The fraction of sp³-hybridized carbons (Fsp3) is 0.294. The summed E-state index contributed by atoms with van der Waals surface area (Å²) in [5.41, 5.74) is 0.0501. The molecule has 8 heteroatoms. The van der Waals surface area contributed by atoms with Gasteiger partial charge in [0.25, 0.3) is 5.91 Å². The van der Waals surface area contributed by atoms with E-state index in [1.54, 1.807) is 12.1 Å². The molecule has 2 aromatic rings. The Morgan fingerprint density at radius 1 is 1.08 bits per heavy atom. The average Bonchev–Trinajstić information content (AvgIpc) is 2.65. The monoisotopic (exact) mass is 345 g/mol. The first kappa shape index (κ1) is 18.2. The van der Waals surface area contributed by atoms with Crippen LogP contribution in [0, 0.1) is 0 Å². The summed E-state index contributed by atoms with van der Waals surface area (Å²) in [6.07, 6.45) is 4.08. The maximum atomic E-state index is 11.6. The summed E-state index contributed by atoms with van der Waals surface area (Å²) >= 11 is 0. The molecule has 25 heavy (non-hydrogen) atoms. The van der Waals surface area contributed by atoms with Crippen LogP contribution in [0.4, 0.5) is 0 Å². The molecular formula is C17H19N3O5. The summed E-state index contributed by atoms with van der Waals surface area (Å²) < 4.78 is 15.7. The Kier molecular flexibility index (Phi) is 7.17. The molecule has 0 spiro atoms. The van der Waals surface area contributed by atoms with E-state index in [-0.39, 0.29) is 18.8 Å². The zero-order valence-electron chi connectivity index (χ0n) is 13.8. The molecule has 0 aliphatic rings. The number of ether oxygens (including phenoxy) is 3. The predicted molar refractivity (Wildman–Crippen MR) is 88.4 cm³/mol. The third-order valence-corrected chi connectivity index (χ3v) is 2.93. The second-order valence-electron chi connectivity index (χ2n) is 4.77. The Hall–Kier alpha value is -3.16. The number of carbonyl (C=O) groups excluding carboxylic acids is 2. The van der Waals surface area contributed by atoms with Crippen molar-refractivity contribution in [2.45, 2.75) is 6.92 Å². The standard InChI is InChI=1S/C17H19N3O5/c1-2-23-13-3-5-14(6-4-13)24-10-9-20-16(21)12-25-17(22)15-11-18-7-8-19-15/h3-8,11H,2,9-10,12H2,1H3,(H,20,21). The van der Waals surface area contributed by atoms with Crippen LogP contribution < -0.4 is 14.8 Å². The minimum absolute atomic E-state index is 0.0501. The van der Waals surface area contributed by atoms with Gasteiger partial charge in [-0.25, -0.2) is 9.78 Å². The van der Waals surface area contributed by atoms with E-state index in [2.05, 4.69) is 15.3 Å². The smallest absolute Gasteiger partial charge is 0.359 e. The molecule has 132 valence electrons. The van der Waals surface area contributed by atoms with Crippen molar-refractivity contribution in [3.8, 4) is 11.5 Å². The van der Waals surface area contributed by atoms with Crippen molar-refractivity contribution in [2.24, 2.45) is 0 Å². The van der Waals surface area contributed by atoms with E-state index in [4.69, 9.17) is 14.2 Å². The van der Waals surface area contributed by atoms with Crippen LogP contribution in [-0.2, 0) is 9.53 Å². The van der Waals surface area contributed by atoms with Gasteiger partial charge in [-0.05, 0) is 31.2 Å². The molecule has 0 atom stereocenters. The normalized spacial score (nSPS) is 9.96. The lowest BCUT2D eigenvalue weighted by Gasteiger charge is -2.09. The highest BCUT2D eigenvalue weighted by Crippen LogP contribution is 2.17. The largest absolute Gasteiger partial charge is 0.494 e. The van der Waals surface area contributed by atoms with Gasteiger partial charge in [-0.2, -0.15) is 0 Å². The molecule has 1 heterocycles. The van der Waals surface area contributed by atoms with Gasteiger partial charge in [-0.15, -0.1) is 0 Å². The molecule has 2 rings (SSSR count). The highest BCUT2D eigenvalue weighted by atomic mass is 16.5. The van der Waals surface area contributed by atoms with Gasteiger partial charge in [0.2, 0.25) is 0 Å². The molecule has 1 N–H and O–H groups in total. The van der Waals surface area contributed by atoms with Crippen LogP contribution in [0.3, 0.4) is 0 Å². The van der Waals surface area contributed by atoms with Crippen molar-refractivity contribution in [2.75, 3.05) is 26.4 Å². The van der Waals surface area contributed by atoms with Crippen molar-refractivity contribution in [1.29, 1.82) is 0 Å². The molecule has 0 saturated carbocycles. The van der Waals surface area contributed by atoms with Crippen LogP contribution in [0.1, 0.15) is 17.4 Å². The lowest BCUT2D eigenvalue weighted by atomic mass is 10.3. The van der Waals surface area contributed by atoms with E-state index < -0.39 is 18.5 Å². The number of carbonyl (C=O) groups is 2. The van der Waals surface area contributed by atoms with Gasteiger partial charge in [-0.3, -0.25) is 9.78 Å². The van der Waals surface area contributed by atoms with Crippen LogP contribution in [0.2, 0.25) is 0 Å². The minimum atomic E-state index is -0.700. The third kappa shape index (κ3) is 6.46. The van der Waals surface area contributed by atoms with E-state index in [1.807, 2.05) is 19.1 Å². The van der Waals surface area contributed by atoms with Crippen LogP contribution in [0.15, 0.2) is 42.9 Å². The number of hydrogen-bond donors (Lipinski definition) is 1. The highest BCUT2D eigenvalue weighted by molar-refractivity contribution is 5.89. The molecule has 1 amide bonds. The number of rotatable bonds is 9. The first-order chi connectivity index (χ1) is 12.2. The molecule has 0 radical (unpaired) electrons. The Labute approximate surface area is 145 Å². The van der Waals surface area contributed by atoms with Crippen LogP contribution in [-0.4, -0.2) is 48.2 Å². The molecular weight excluding hydrogens is 326 g/mol. The van der Waals surface area contributed by atoms with Crippen LogP contribution in [0.5, 0.6) is 11.5 Å². The van der Waals surface area contributed by atoms with E-state index in [1.165, 1.54) is 18.6 Å². The Morgan fingerprint density at radius 3 is 2.44 bits per heavy atom. The number of hydrogen-bond acceptors (Lipinski definition) is 7. The molecule has 0 aliphatic heterocycles. The molecule has 8 nitrogen and oxygen atoms in total. The quantitative estimate of drug-likeness (QED) is 0.539. The van der Waals surface area contributed by atoms with Crippen LogP contribution >= 0.6 is 0 Å². The zero-order chi connectivity index (χ0) is 17.9. The molecule has 0 unspecified atom stereocenters. The van der Waals surface area contributed by atoms with Crippen molar-refractivity contribution in [3.63, 3.8) is 0 Å². The fourth-order valence-corrected chi connectivity index (χ4v) is 1.82. The summed E-state index contributed by atoms with van der Waals surface area (Å²) in [5, 5.41) is 2.59. The van der Waals surface area contributed by atoms with Gasteiger partial charge in [0.1, 0.15) is 18.1 Å². The number of amides is 1. The summed E-state index contributed by atoms with van der Waals surface area (Å²) in [6, 6.07) is 7.19.